The molecule has 2 unspecified atom stereocenters. The lowest BCUT2D eigenvalue weighted by Gasteiger charge is -2.21. The fourth-order valence-electron chi connectivity index (χ4n) is 4.86. The van der Waals surface area contributed by atoms with Crippen LogP contribution in [0.5, 0.6) is 0 Å². The molecule has 0 radical (unpaired) electrons. The van der Waals surface area contributed by atoms with Crippen molar-refractivity contribution in [3.63, 3.8) is 0 Å². The first-order chi connectivity index (χ1) is 13.4. The predicted molar refractivity (Wildman–Crippen MR) is 113 cm³/mol. The number of nitrogens with one attached hydrogen (secondary N) is 1. The Bertz CT molecular complexity index is 849. The maximum absolute atomic E-state index is 12.9. The fraction of sp³-hybridized carbons (Fsp3) is 0.520. The largest absolute Gasteiger partial charge is 0.353 e. The van der Waals surface area contributed by atoms with Gasteiger partial charge in [-0.05, 0) is 67.9 Å². The summed E-state index contributed by atoms with van der Waals surface area (Å²) >= 11 is 0. The number of benzene rings is 1. The number of allylic oxidation sites excluding steroid dienone is 1. The molecule has 1 amide bonds. The maximum Gasteiger partial charge on any atom is 0.220 e. The summed E-state index contributed by atoms with van der Waals surface area (Å²) in [4.78, 5) is 25.4. The van der Waals surface area contributed by atoms with E-state index >= 15 is 0 Å². The molecule has 0 spiro atoms. The van der Waals surface area contributed by atoms with Crippen molar-refractivity contribution in [2.75, 3.05) is 0 Å². The summed E-state index contributed by atoms with van der Waals surface area (Å²) in [5.74, 6) is 5.98. The molecule has 0 aromatic heterocycles. The van der Waals surface area contributed by atoms with E-state index in [-0.39, 0.29) is 23.5 Å². The van der Waals surface area contributed by atoms with Crippen molar-refractivity contribution in [2.45, 2.75) is 77.7 Å². The standard InChI is InChI=1S/C25H31NO2/c1-5-9-18-12-16(3)24(19(6-2)13-18)25-17(4)20(14-22(25)27)15-23(28)26-21-10-7-8-11-21/h12-13,20-21,25H,4,6-8,10-11,14-15H2,1-3H3,(H,26,28). The zero-order valence-electron chi connectivity index (χ0n) is 17.4. The molecule has 2 atom stereocenters. The molecule has 2 aliphatic rings. The number of rotatable bonds is 5. The highest BCUT2D eigenvalue weighted by atomic mass is 16.1. The smallest absolute Gasteiger partial charge is 0.220 e. The van der Waals surface area contributed by atoms with Gasteiger partial charge < -0.3 is 5.32 Å². The Balaban J connectivity index is 1.79. The van der Waals surface area contributed by atoms with Gasteiger partial charge in [0.2, 0.25) is 5.91 Å². The Morgan fingerprint density at radius 2 is 2.00 bits per heavy atom. The zero-order chi connectivity index (χ0) is 20.3. The van der Waals surface area contributed by atoms with Crippen LogP contribution in [0.15, 0.2) is 24.3 Å². The van der Waals surface area contributed by atoms with Crippen molar-refractivity contribution >= 4 is 11.7 Å². The lowest BCUT2D eigenvalue weighted by Crippen LogP contribution is -2.33. The number of carbonyl (C=O) groups excluding carboxylic acids is 2. The number of aryl methyl sites for hydroxylation is 2. The summed E-state index contributed by atoms with van der Waals surface area (Å²) in [6, 6.07) is 4.47. The molecular weight excluding hydrogens is 346 g/mol. The molecule has 148 valence electrons. The highest BCUT2D eigenvalue weighted by Crippen LogP contribution is 2.43. The van der Waals surface area contributed by atoms with Gasteiger partial charge in [-0.2, -0.15) is 0 Å². The Morgan fingerprint density at radius 1 is 1.29 bits per heavy atom. The van der Waals surface area contributed by atoms with Gasteiger partial charge in [0.25, 0.3) is 0 Å². The van der Waals surface area contributed by atoms with E-state index in [1.54, 1.807) is 0 Å². The Labute approximate surface area is 169 Å². The number of hydrogen-bond donors (Lipinski definition) is 1. The molecule has 1 aromatic carbocycles. The average Bonchev–Trinajstić information content (AvgIpc) is 3.24. The second-order valence-electron chi connectivity index (χ2n) is 8.22. The maximum atomic E-state index is 12.9. The normalized spacial score (nSPS) is 22.2. The SMILES string of the molecule is C=C1C(CC(=O)NC2CCCC2)CC(=O)C1c1c(C)cc(C#CC)cc1CC. The van der Waals surface area contributed by atoms with Crippen molar-refractivity contribution in [3.05, 3.63) is 46.5 Å². The lowest BCUT2D eigenvalue weighted by atomic mass is 9.83. The van der Waals surface area contributed by atoms with Gasteiger partial charge in [-0.1, -0.05) is 37.8 Å². The van der Waals surface area contributed by atoms with Crippen molar-refractivity contribution in [1.82, 2.24) is 5.32 Å². The van der Waals surface area contributed by atoms with E-state index in [1.807, 2.05) is 6.92 Å². The quantitative estimate of drug-likeness (QED) is 0.602. The van der Waals surface area contributed by atoms with Gasteiger partial charge in [0, 0.05) is 24.4 Å². The van der Waals surface area contributed by atoms with E-state index in [2.05, 4.69) is 49.7 Å². The molecule has 3 heteroatoms. The van der Waals surface area contributed by atoms with Crippen LogP contribution in [0.2, 0.25) is 0 Å². The van der Waals surface area contributed by atoms with Crippen LogP contribution in [-0.4, -0.2) is 17.7 Å². The van der Waals surface area contributed by atoms with Crippen molar-refractivity contribution in [2.24, 2.45) is 5.92 Å². The van der Waals surface area contributed by atoms with Crippen LogP contribution >= 0.6 is 0 Å². The van der Waals surface area contributed by atoms with Crippen LogP contribution in [0.4, 0.5) is 0 Å². The van der Waals surface area contributed by atoms with Gasteiger partial charge in [0.05, 0.1) is 5.92 Å². The van der Waals surface area contributed by atoms with Gasteiger partial charge in [-0.15, -0.1) is 5.92 Å². The highest BCUT2D eigenvalue weighted by Gasteiger charge is 2.39. The molecule has 1 N–H and O–H groups in total. The number of Topliss-reactive ketones (excluding diaryl/α,β-unsaturated/α-hetero) is 1. The second-order valence-corrected chi connectivity index (χ2v) is 8.22. The van der Waals surface area contributed by atoms with Crippen molar-refractivity contribution in [1.29, 1.82) is 0 Å². The fourth-order valence-corrected chi connectivity index (χ4v) is 4.86. The number of hydrogen-bond acceptors (Lipinski definition) is 2. The van der Waals surface area contributed by atoms with E-state index in [9.17, 15) is 9.59 Å². The molecule has 2 fully saturated rings. The first-order valence-corrected chi connectivity index (χ1v) is 10.5. The average molecular weight is 378 g/mol. The Morgan fingerprint density at radius 3 is 2.64 bits per heavy atom. The van der Waals surface area contributed by atoms with Crippen LogP contribution in [0.1, 0.15) is 80.5 Å². The molecule has 1 aromatic rings. The minimum Gasteiger partial charge on any atom is -0.353 e. The van der Waals surface area contributed by atoms with Gasteiger partial charge in [0.1, 0.15) is 5.78 Å². The van der Waals surface area contributed by atoms with Gasteiger partial charge in [0.15, 0.2) is 0 Å². The van der Waals surface area contributed by atoms with Crippen LogP contribution in [0.25, 0.3) is 0 Å². The van der Waals surface area contributed by atoms with Gasteiger partial charge in [-0.3, -0.25) is 9.59 Å². The van der Waals surface area contributed by atoms with Crippen LogP contribution in [0.3, 0.4) is 0 Å². The minimum atomic E-state index is -0.289. The summed E-state index contributed by atoms with van der Waals surface area (Å²) in [5.41, 5.74) is 5.22. The number of ketones is 1. The first-order valence-electron chi connectivity index (χ1n) is 10.5. The molecule has 0 saturated heterocycles. The highest BCUT2D eigenvalue weighted by molar-refractivity contribution is 5.94. The Hall–Kier alpha value is -2.34. The summed E-state index contributed by atoms with van der Waals surface area (Å²) in [6.45, 7) is 10.3. The number of carbonyl (C=O) groups is 2. The molecule has 0 heterocycles. The third-order valence-corrected chi connectivity index (χ3v) is 6.23. The summed E-state index contributed by atoms with van der Waals surface area (Å²) < 4.78 is 0. The van der Waals surface area contributed by atoms with Crippen molar-refractivity contribution in [3.8, 4) is 11.8 Å². The van der Waals surface area contributed by atoms with E-state index in [0.29, 0.717) is 18.9 Å². The van der Waals surface area contributed by atoms with Gasteiger partial charge in [-0.25, -0.2) is 0 Å². The monoisotopic (exact) mass is 377 g/mol. The van der Waals surface area contributed by atoms with Crippen LogP contribution < -0.4 is 5.32 Å². The molecule has 2 aliphatic carbocycles. The predicted octanol–water partition coefficient (Wildman–Crippen LogP) is 4.61. The van der Waals surface area contributed by atoms with E-state index in [4.69, 9.17) is 0 Å². The lowest BCUT2D eigenvalue weighted by molar-refractivity contribution is -0.122. The molecule has 28 heavy (non-hydrogen) atoms. The van der Waals surface area contributed by atoms with E-state index in [0.717, 1.165) is 47.1 Å². The van der Waals surface area contributed by atoms with Gasteiger partial charge >= 0.3 is 0 Å². The third kappa shape index (κ3) is 4.22. The summed E-state index contributed by atoms with van der Waals surface area (Å²) in [5, 5.41) is 3.14. The molecule has 3 rings (SSSR count). The first kappa shape index (κ1) is 20.4. The summed E-state index contributed by atoms with van der Waals surface area (Å²) in [6.07, 6.45) is 6.17. The van der Waals surface area contributed by atoms with Crippen molar-refractivity contribution < 1.29 is 9.59 Å². The Kier molecular flexibility index (Phi) is 6.39. The van der Waals surface area contributed by atoms with E-state index < -0.39 is 0 Å². The molecule has 0 bridgehead atoms. The van der Waals surface area contributed by atoms with E-state index in [1.165, 1.54) is 12.8 Å². The molecular formula is C25H31NO2. The zero-order valence-corrected chi connectivity index (χ0v) is 17.4. The third-order valence-electron chi connectivity index (χ3n) is 6.23. The minimum absolute atomic E-state index is 0.0573. The summed E-state index contributed by atoms with van der Waals surface area (Å²) in [7, 11) is 0. The molecule has 3 nitrogen and oxygen atoms in total. The molecule has 0 aliphatic heterocycles. The topological polar surface area (TPSA) is 46.2 Å². The second kappa shape index (κ2) is 8.78. The van der Waals surface area contributed by atoms with Crippen LogP contribution in [0, 0.1) is 24.7 Å². The molecule has 2 saturated carbocycles. The van der Waals surface area contributed by atoms with Crippen LogP contribution in [-0.2, 0) is 16.0 Å². The number of amides is 1.